The predicted octanol–water partition coefficient (Wildman–Crippen LogP) is 4.23. The van der Waals surface area contributed by atoms with Crippen LogP contribution in [0.25, 0.3) is 0 Å². The molecule has 0 aromatic rings. The summed E-state index contributed by atoms with van der Waals surface area (Å²) in [7, 11) is 0. The van der Waals surface area contributed by atoms with E-state index in [1.807, 2.05) is 6.08 Å². The highest BCUT2D eigenvalue weighted by molar-refractivity contribution is 5.05. The molecule has 0 aliphatic heterocycles. The lowest BCUT2D eigenvalue weighted by atomic mass is 10.0. The molecule has 15 heavy (non-hydrogen) atoms. The Morgan fingerprint density at radius 2 is 1.67 bits per heavy atom. The fourth-order valence-corrected chi connectivity index (χ4v) is 1.78. The van der Waals surface area contributed by atoms with Gasteiger partial charge in [-0.15, -0.1) is 0 Å². The molecule has 0 radical (unpaired) electrons. The molecule has 0 amide bonds. The van der Waals surface area contributed by atoms with Crippen LogP contribution in [0.1, 0.15) is 59.3 Å². The first-order valence-corrected chi connectivity index (χ1v) is 6.18. The molecule has 0 atom stereocenters. The summed E-state index contributed by atoms with van der Waals surface area (Å²) in [5, 5.41) is 8.86. The third kappa shape index (κ3) is 8.44. The van der Waals surface area contributed by atoms with Crippen molar-refractivity contribution in [3.63, 3.8) is 0 Å². The lowest BCUT2D eigenvalue weighted by Crippen LogP contribution is -1.87. The maximum absolute atomic E-state index is 8.86. The van der Waals surface area contributed by atoms with Crippen molar-refractivity contribution < 1.29 is 5.11 Å². The van der Waals surface area contributed by atoms with Gasteiger partial charge in [-0.3, -0.25) is 0 Å². The van der Waals surface area contributed by atoms with Crippen LogP contribution >= 0.6 is 0 Å². The quantitative estimate of drug-likeness (QED) is 0.594. The Hall–Kier alpha value is -0.560. The largest absolute Gasteiger partial charge is 0.392 e. The number of hydrogen-bond acceptors (Lipinski definition) is 1. The predicted molar refractivity (Wildman–Crippen MR) is 68.0 cm³/mol. The van der Waals surface area contributed by atoms with Crippen LogP contribution in [0.5, 0.6) is 0 Å². The van der Waals surface area contributed by atoms with Crippen molar-refractivity contribution >= 4 is 0 Å². The van der Waals surface area contributed by atoms with Crippen molar-refractivity contribution in [2.24, 2.45) is 0 Å². The molecule has 0 aliphatic rings. The van der Waals surface area contributed by atoms with Gasteiger partial charge < -0.3 is 5.11 Å². The zero-order valence-electron chi connectivity index (χ0n) is 10.6. The van der Waals surface area contributed by atoms with Gasteiger partial charge in [-0.25, -0.2) is 0 Å². The average molecular weight is 210 g/mol. The fourth-order valence-electron chi connectivity index (χ4n) is 1.78. The third-order valence-electron chi connectivity index (χ3n) is 2.55. The molecule has 0 heterocycles. The number of rotatable bonds is 8. The smallest absolute Gasteiger partial charge is 0.0615 e. The monoisotopic (exact) mass is 210 g/mol. The van der Waals surface area contributed by atoms with Gasteiger partial charge in [0.05, 0.1) is 6.61 Å². The maximum Gasteiger partial charge on any atom is 0.0615 e. The molecule has 1 N–H and O–H groups in total. The van der Waals surface area contributed by atoms with Gasteiger partial charge in [-0.05, 0) is 32.6 Å². The van der Waals surface area contributed by atoms with E-state index in [0.717, 1.165) is 19.3 Å². The van der Waals surface area contributed by atoms with Crippen molar-refractivity contribution in [2.45, 2.75) is 59.3 Å². The van der Waals surface area contributed by atoms with E-state index in [1.54, 1.807) is 0 Å². The minimum absolute atomic E-state index is 0.187. The van der Waals surface area contributed by atoms with Crippen molar-refractivity contribution in [3.8, 4) is 0 Å². The van der Waals surface area contributed by atoms with E-state index in [1.165, 1.54) is 30.4 Å². The van der Waals surface area contributed by atoms with E-state index < -0.39 is 0 Å². The Labute approximate surface area is 94.9 Å². The third-order valence-corrected chi connectivity index (χ3v) is 2.55. The SMILES string of the molecule is CCC/C(C)=C\CC/C(=C\CO)CCC. The topological polar surface area (TPSA) is 20.2 Å². The van der Waals surface area contributed by atoms with Gasteiger partial charge in [0, 0.05) is 0 Å². The molecule has 0 bridgehead atoms. The summed E-state index contributed by atoms with van der Waals surface area (Å²) in [6.45, 7) is 6.79. The average Bonchev–Trinajstić information content (AvgIpc) is 2.19. The Morgan fingerprint density at radius 3 is 2.20 bits per heavy atom. The molecular weight excluding hydrogens is 184 g/mol. The highest BCUT2D eigenvalue weighted by Gasteiger charge is 1.95. The molecule has 0 saturated carbocycles. The summed E-state index contributed by atoms with van der Waals surface area (Å²) in [5.74, 6) is 0. The normalized spacial score (nSPS) is 13.3. The van der Waals surface area contributed by atoms with Crippen LogP contribution in [0.3, 0.4) is 0 Å². The highest BCUT2D eigenvalue weighted by Crippen LogP contribution is 2.14. The zero-order chi connectivity index (χ0) is 11.5. The first-order chi connectivity index (χ1) is 7.24. The second-order valence-electron chi connectivity index (χ2n) is 4.13. The Kier molecular flexibility index (Phi) is 9.60. The second-order valence-corrected chi connectivity index (χ2v) is 4.13. The molecule has 0 aliphatic carbocycles. The van der Waals surface area contributed by atoms with Gasteiger partial charge in [-0.1, -0.05) is 50.0 Å². The minimum Gasteiger partial charge on any atom is -0.392 e. The second kappa shape index (κ2) is 9.97. The molecular formula is C14H26O. The van der Waals surface area contributed by atoms with Crippen LogP contribution in [0.4, 0.5) is 0 Å². The molecule has 0 aromatic heterocycles. The summed E-state index contributed by atoms with van der Waals surface area (Å²) < 4.78 is 0. The van der Waals surface area contributed by atoms with Crippen LogP contribution in [-0.2, 0) is 0 Å². The summed E-state index contributed by atoms with van der Waals surface area (Å²) >= 11 is 0. The van der Waals surface area contributed by atoms with Crippen molar-refractivity contribution in [1.29, 1.82) is 0 Å². The molecule has 0 rings (SSSR count). The highest BCUT2D eigenvalue weighted by atomic mass is 16.2. The van der Waals surface area contributed by atoms with Crippen LogP contribution in [0, 0.1) is 0 Å². The summed E-state index contributed by atoms with van der Waals surface area (Å²) in [6, 6.07) is 0. The van der Waals surface area contributed by atoms with Gasteiger partial charge >= 0.3 is 0 Å². The molecule has 0 unspecified atom stereocenters. The first kappa shape index (κ1) is 14.4. The van der Waals surface area contributed by atoms with Gasteiger partial charge in [0.1, 0.15) is 0 Å². The van der Waals surface area contributed by atoms with Gasteiger partial charge in [0.15, 0.2) is 0 Å². The Balaban J connectivity index is 3.89. The summed E-state index contributed by atoms with van der Waals surface area (Å²) in [5.41, 5.74) is 2.90. The summed E-state index contributed by atoms with van der Waals surface area (Å²) in [4.78, 5) is 0. The number of aliphatic hydroxyl groups excluding tert-OH is 1. The zero-order valence-corrected chi connectivity index (χ0v) is 10.6. The van der Waals surface area contributed by atoms with Crippen LogP contribution in [-0.4, -0.2) is 11.7 Å². The van der Waals surface area contributed by atoms with Gasteiger partial charge in [-0.2, -0.15) is 0 Å². The fraction of sp³-hybridized carbons (Fsp3) is 0.714. The maximum atomic E-state index is 8.86. The van der Waals surface area contributed by atoms with Crippen LogP contribution < -0.4 is 0 Å². The standard InChI is InChI=1S/C14H26O/c1-4-7-13(3)9-6-10-14(8-5-2)11-12-15/h9,11,15H,4-8,10,12H2,1-3H3/b13-9-,14-11-. The van der Waals surface area contributed by atoms with E-state index in [4.69, 9.17) is 5.11 Å². The van der Waals surface area contributed by atoms with Crippen molar-refractivity contribution in [3.05, 3.63) is 23.3 Å². The lowest BCUT2D eigenvalue weighted by Gasteiger charge is -2.04. The molecule has 88 valence electrons. The Bertz CT molecular complexity index is 201. The van der Waals surface area contributed by atoms with E-state index in [0.29, 0.717) is 0 Å². The molecule has 1 heteroatoms. The van der Waals surface area contributed by atoms with Crippen molar-refractivity contribution in [2.75, 3.05) is 6.61 Å². The number of hydrogen-bond donors (Lipinski definition) is 1. The summed E-state index contributed by atoms with van der Waals surface area (Å²) in [6.07, 6.45) is 11.3. The lowest BCUT2D eigenvalue weighted by molar-refractivity contribution is 0.341. The van der Waals surface area contributed by atoms with Crippen molar-refractivity contribution in [1.82, 2.24) is 0 Å². The minimum atomic E-state index is 0.187. The first-order valence-electron chi connectivity index (χ1n) is 6.18. The van der Waals surface area contributed by atoms with E-state index in [-0.39, 0.29) is 6.61 Å². The Morgan fingerprint density at radius 1 is 1.00 bits per heavy atom. The van der Waals surface area contributed by atoms with E-state index >= 15 is 0 Å². The molecule has 1 nitrogen and oxygen atoms in total. The number of allylic oxidation sites excluding steroid dienone is 3. The molecule has 0 spiro atoms. The van der Waals surface area contributed by atoms with Crippen LogP contribution in [0.15, 0.2) is 23.3 Å². The number of aliphatic hydroxyl groups is 1. The van der Waals surface area contributed by atoms with Crippen LogP contribution in [0.2, 0.25) is 0 Å². The van der Waals surface area contributed by atoms with E-state index in [2.05, 4.69) is 26.8 Å². The van der Waals surface area contributed by atoms with Gasteiger partial charge in [0.25, 0.3) is 0 Å². The van der Waals surface area contributed by atoms with Gasteiger partial charge in [0.2, 0.25) is 0 Å². The molecule has 0 saturated heterocycles. The molecule has 0 fully saturated rings. The molecule has 0 aromatic carbocycles. The van der Waals surface area contributed by atoms with E-state index in [9.17, 15) is 0 Å².